The summed E-state index contributed by atoms with van der Waals surface area (Å²) in [6.45, 7) is 9.66. The first-order valence-electron chi connectivity index (χ1n) is 6.61. The van der Waals surface area contributed by atoms with Crippen LogP contribution in [0, 0.1) is 0 Å². The third kappa shape index (κ3) is 3.01. The summed E-state index contributed by atoms with van der Waals surface area (Å²) in [6.07, 6.45) is 3.37. The molecular weight excluding hydrogens is 256 g/mol. The highest BCUT2D eigenvalue weighted by atomic mass is 16.5. The van der Waals surface area contributed by atoms with E-state index in [0.717, 1.165) is 5.69 Å². The van der Waals surface area contributed by atoms with Gasteiger partial charge >= 0.3 is 0 Å². The normalized spacial score (nSPS) is 21.8. The molecule has 1 aromatic heterocycles. The fourth-order valence-corrected chi connectivity index (χ4v) is 2.87. The van der Waals surface area contributed by atoms with E-state index in [2.05, 4.69) is 42.7 Å². The van der Waals surface area contributed by atoms with Gasteiger partial charge in [0, 0.05) is 24.8 Å². The molecule has 2 rings (SSSR count). The van der Waals surface area contributed by atoms with Crippen LogP contribution in [0.4, 0.5) is 5.69 Å². The van der Waals surface area contributed by atoms with Crippen LogP contribution in [-0.2, 0) is 4.74 Å². The molecule has 0 bridgehead atoms. The van der Waals surface area contributed by atoms with Crippen LogP contribution in [0.25, 0.3) is 0 Å². The Morgan fingerprint density at radius 1 is 1.35 bits per heavy atom. The predicted molar refractivity (Wildman–Crippen MR) is 78.2 cm³/mol. The quantitative estimate of drug-likeness (QED) is 0.371. The Balaban J connectivity index is 2.41. The highest BCUT2D eigenvalue weighted by Gasteiger charge is 2.38. The number of hydrogen-bond donors (Lipinski definition) is 2. The van der Waals surface area contributed by atoms with Crippen LogP contribution in [0.5, 0.6) is 0 Å². The van der Waals surface area contributed by atoms with Crippen molar-refractivity contribution in [1.82, 2.24) is 4.98 Å². The number of anilines is 1. The molecule has 6 nitrogen and oxygen atoms in total. The summed E-state index contributed by atoms with van der Waals surface area (Å²) in [4.78, 5) is 6.33. The van der Waals surface area contributed by atoms with Crippen LogP contribution in [0.2, 0.25) is 0 Å². The Kier molecular flexibility index (Phi) is 3.60. The van der Waals surface area contributed by atoms with Gasteiger partial charge in [-0.05, 0) is 33.8 Å². The van der Waals surface area contributed by atoms with Gasteiger partial charge in [0.15, 0.2) is 5.84 Å². The maximum atomic E-state index is 8.92. The first-order chi connectivity index (χ1) is 9.24. The van der Waals surface area contributed by atoms with Gasteiger partial charge in [0.05, 0.1) is 23.1 Å². The summed E-state index contributed by atoms with van der Waals surface area (Å²) in [5.41, 5.74) is 6.73. The van der Waals surface area contributed by atoms with Gasteiger partial charge in [-0.3, -0.25) is 4.98 Å². The van der Waals surface area contributed by atoms with Gasteiger partial charge < -0.3 is 20.6 Å². The molecule has 1 aliphatic rings. The average Bonchev–Trinajstić information content (AvgIpc) is 2.34. The molecule has 0 aromatic carbocycles. The van der Waals surface area contributed by atoms with Crippen LogP contribution in [0.1, 0.15) is 33.3 Å². The van der Waals surface area contributed by atoms with Crippen LogP contribution in [-0.4, -0.2) is 40.3 Å². The summed E-state index contributed by atoms with van der Waals surface area (Å²) < 4.78 is 6.07. The van der Waals surface area contributed by atoms with E-state index in [9.17, 15) is 0 Å². The van der Waals surface area contributed by atoms with Crippen molar-refractivity contribution in [3.05, 3.63) is 24.0 Å². The topological polar surface area (TPSA) is 84.0 Å². The molecule has 6 heteroatoms. The first-order valence-corrected chi connectivity index (χ1v) is 6.61. The van der Waals surface area contributed by atoms with Crippen molar-refractivity contribution in [3.63, 3.8) is 0 Å². The molecule has 0 atom stereocenters. The number of morpholine rings is 1. The van der Waals surface area contributed by atoms with Crippen molar-refractivity contribution in [1.29, 1.82) is 0 Å². The summed E-state index contributed by atoms with van der Waals surface area (Å²) in [5.74, 6) is 0.0875. The molecule has 1 saturated heterocycles. The van der Waals surface area contributed by atoms with Crippen molar-refractivity contribution in [2.24, 2.45) is 10.9 Å². The van der Waals surface area contributed by atoms with Gasteiger partial charge in [-0.2, -0.15) is 0 Å². The van der Waals surface area contributed by atoms with Crippen LogP contribution < -0.4 is 10.6 Å². The lowest BCUT2D eigenvalue weighted by Crippen LogP contribution is -2.57. The number of rotatable bonds is 2. The number of aromatic nitrogens is 1. The second-order valence-electron chi connectivity index (χ2n) is 6.36. The Labute approximate surface area is 119 Å². The van der Waals surface area contributed by atoms with Crippen molar-refractivity contribution in [3.8, 4) is 0 Å². The second kappa shape index (κ2) is 4.94. The number of ether oxygens (including phenoxy) is 1. The molecule has 0 saturated carbocycles. The molecule has 110 valence electrons. The van der Waals surface area contributed by atoms with E-state index in [-0.39, 0.29) is 17.0 Å². The Bertz CT molecular complexity index is 510. The molecule has 0 amide bonds. The Morgan fingerprint density at radius 3 is 2.50 bits per heavy atom. The maximum Gasteiger partial charge on any atom is 0.172 e. The van der Waals surface area contributed by atoms with Crippen LogP contribution >= 0.6 is 0 Å². The van der Waals surface area contributed by atoms with E-state index in [1.165, 1.54) is 0 Å². The van der Waals surface area contributed by atoms with Crippen LogP contribution in [0.3, 0.4) is 0 Å². The number of amidine groups is 1. The standard InChI is InChI=1S/C14H22N4O2/c1-13(2)8-18(9-14(3,4)20-13)11-7-16-6-5-10(11)12(15)17-19/h5-7,19H,8-9H2,1-4H3,(H2,15,17). The van der Waals surface area contributed by atoms with Gasteiger partial charge in [0.1, 0.15) is 0 Å². The van der Waals surface area contributed by atoms with Gasteiger partial charge in [-0.1, -0.05) is 5.16 Å². The van der Waals surface area contributed by atoms with Gasteiger partial charge in [0.25, 0.3) is 0 Å². The molecule has 1 aliphatic heterocycles. The lowest BCUT2D eigenvalue weighted by Gasteiger charge is -2.48. The van der Waals surface area contributed by atoms with Gasteiger partial charge in [0.2, 0.25) is 0 Å². The molecule has 2 heterocycles. The zero-order chi connectivity index (χ0) is 15.0. The van der Waals surface area contributed by atoms with E-state index in [0.29, 0.717) is 18.7 Å². The summed E-state index contributed by atoms with van der Waals surface area (Å²) in [6, 6.07) is 1.75. The molecule has 0 radical (unpaired) electrons. The summed E-state index contributed by atoms with van der Waals surface area (Å²) >= 11 is 0. The lowest BCUT2D eigenvalue weighted by molar-refractivity contribution is -0.133. The largest absolute Gasteiger partial charge is 0.409 e. The Morgan fingerprint density at radius 2 is 1.95 bits per heavy atom. The molecule has 3 N–H and O–H groups in total. The number of hydrogen-bond acceptors (Lipinski definition) is 5. The molecule has 20 heavy (non-hydrogen) atoms. The molecule has 1 fully saturated rings. The summed E-state index contributed by atoms with van der Waals surface area (Å²) in [5, 5.41) is 12.0. The van der Waals surface area contributed by atoms with Gasteiger partial charge in [-0.15, -0.1) is 0 Å². The third-order valence-corrected chi connectivity index (χ3v) is 3.22. The third-order valence-electron chi connectivity index (χ3n) is 3.22. The van der Waals surface area contributed by atoms with Crippen molar-refractivity contribution in [2.45, 2.75) is 38.9 Å². The molecule has 0 spiro atoms. The number of pyridine rings is 1. The molecule has 0 unspecified atom stereocenters. The SMILES string of the molecule is CC1(C)CN(c2cnccc2/C(N)=N/O)CC(C)(C)O1. The van der Waals surface area contributed by atoms with Crippen LogP contribution in [0.15, 0.2) is 23.6 Å². The molecule has 0 aliphatic carbocycles. The minimum Gasteiger partial charge on any atom is -0.409 e. The zero-order valence-electron chi connectivity index (χ0n) is 12.4. The minimum atomic E-state index is -0.278. The average molecular weight is 278 g/mol. The van der Waals surface area contributed by atoms with E-state index in [1.807, 2.05) is 0 Å². The zero-order valence-corrected chi connectivity index (χ0v) is 12.4. The van der Waals surface area contributed by atoms with E-state index >= 15 is 0 Å². The first kappa shape index (κ1) is 14.6. The maximum absolute atomic E-state index is 8.92. The molecule has 1 aromatic rings. The predicted octanol–water partition coefficient (Wildman–Crippen LogP) is 1.57. The number of nitrogens with zero attached hydrogens (tertiary/aromatic N) is 3. The van der Waals surface area contributed by atoms with E-state index < -0.39 is 0 Å². The number of oxime groups is 1. The highest BCUT2D eigenvalue weighted by Crippen LogP contribution is 2.32. The minimum absolute atomic E-state index is 0.0875. The lowest BCUT2D eigenvalue weighted by atomic mass is 9.98. The smallest absolute Gasteiger partial charge is 0.172 e. The number of nitrogens with two attached hydrogens (primary N) is 1. The van der Waals surface area contributed by atoms with E-state index in [4.69, 9.17) is 15.7 Å². The highest BCUT2D eigenvalue weighted by molar-refractivity contribution is 6.02. The van der Waals surface area contributed by atoms with Gasteiger partial charge in [-0.25, -0.2) is 0 Å². The second-order valence-corrected chi connectivity index (χ2v) is 6.36. The fraction of sp³-hybridized carbons (Fsp3) is 0.571. The van der Waals surface area contributed by atoms with E-state index in [1.54, 1.807) is 18.5 Å². The van der Waals surface area contributed by atoms with Crippen molar-refractivity contribution < 1.29 is 9.94 Å². The summed E-state index contributed by atoms with van der Waals surface area (Å²) in [7, 11) is 0. The van der Waals surface area contributed by atoms with Crippen molar-refractivity contribution >= 4 is 11.5 Å². The fourth-order valence-electron chi connectivity index (χ4n) is 2.87. The molecular formula is C14H22N4O2. The Hall–Kier alpha value is -1.82. The van der Waals surface area contributed by atoms with Crippen molar-refractivity contribution in [2.75, 3.05) is 18.0 Å². The monoisotopic (exact) mass is 278 g/mol.